The minimum Gasteiger partial charge on any atom is -0.476 e. The molecule has 0 aromatic carbocycles. The van der Waals surface area contributed by atoms with Crippen LogP contribution in [-0.4, -0.2) is 51.0 Å². The minimum atomic E-state index is -1.16. The highest BCUT2D eigenvalue weighted by molar-refractivity contribution is 7.13. The highest BCUT2D eigenvalue weighted by Gasteiger charge is 2.27. The lowest BCUT2D eigenvalue weighted by Crippen LogP contribution is -2.30. The average molecular weight is 294 g/mol. The van der Waals surface area contributed by atoms with E-state index in [2.05, 4.69) is 10.3 Å². The number of carboxylic acids is 1. The lowest BCUT2D eigenvalue weighted by atomic mass is 10.2. The standard InChI is InChI=1S/C12H14N4O3S/c1-7(11(17)15(2)3)16-10(8-5-4-6-20-8)9(12(18)19)13-14-16/h4-7H,1-3H3,(H,18,19). The van der Waals surface area contributed by atoms with Crippen LogP contribution < -0.4 is 0 Å². The Morgan fingerprint density at radius 2 is 2.15 bits per heavy atom. The first-order valence-electron chi connectivity index (χ1n) is 5.87. The molecule has 20 heavy (non-hydrogen) atoms. The van der Waals surface area contributed by atoms with E-state index >= 15 is 0 Å². The molecule has 0 bridgehead atoms. The van der Waals surface area contributed by atoms with E-state index in [0.717, 1.165) is 0 Å². The summed E-state index contributed by atoms with van der Waals surface area (Å²) in [6.07, 6.45) is 0. The first-order chi connectivity index (χ1) is 9.43. The first kappa shape index (κ1) is 14.2. The van der Waals surface area contributed by atoms with Crippen molar-refractivity contribution in [3.05, 3.63) is 23.2 Å². The number of aromatic carboxylic acids is 1. The second kappa shape index (κ2) is 5.41. The zero-order valence-electron chi connectivity index (χ0n) is 11.3. The van der Waals surface area contributed by atoms with E-state index in [1.807, 2.05) is 5.38 Å². The molecule has 1 amide bonds. The molecule has 0 saturated carbocycles. The van der Waals surface area contributed by atoms with Crippen molar-refractivity contribution >= 4 is 23.2 Å². The smallest absolute Gasteiger partial charge is 0.358 e. The topological polar surface area (TPSA) is 88.3 Å². The van der Waals surface area contributed by atoms with Gasteiger partial charge in [0.25, 0.3) is 0 Å². The fourth-order valence-electron chi connectivity index (χ4n) is 1.83. The number of likely N-dealkylation sites (N-methyl/N-ethyl adjacent to an activating group) is 1. The quantitative estimate of drug-likeness (QED) is 0.919. The van der Waals surface area contributed by atoms with Gasteiger partial charge in [0.2, 0.25) is 5.91 Å². The summed E-state index contributed by atoms with van der Waals surface area (Å²) in [7, 11) is 3.28. The summed E-state index contributed by atoms with van der Waals surface area (Å²) in [6.45, 7) is 1.67. The SMILES string of the molecule is CC(C(=O)N(C)C)n1nnc(C(=O)O)c1-c1cccs1. The molecule has 1 unspecified atom stereocenters. The van der Waals surface area contributed by atoms with Crippen molar-refractivity contribution in [1.29, 1.82) is 0 Å². The second-order valence-electron chi connectivity index (χ2n) is 4.42. The number of hydrogen-bond donors (Lipinski definition) is 1. The van der Waals surface area contributed by atoms with E-state index in [0.29, 0.717) is 10.6 Å². The van der Waals surface area contributed by atoms with Crippen molar-refractivity contribution < 1.29 is 14.7 Å². The maximum Gasteiger partial charge on any atom is 0.358 e. The molecule has 7 nitrogen and oxygen atoms in total. The molecular formula is C12H14N4O3S. The number of nitrogens with zero attached hydrogens (tertiary/aromatic N) is 4. The van der Waals surface area contributed by atoms with Gasteiger partial charge in [0.1, 0.15) is 11.7 Å². The third-order valence-electron chi connectivity index (χ3n) is 2.82. The Balaban J connectivity index is 2.55. The molecule has 2 aromatic heterocycles. The number of amides is 1. The molecule has 0 aliphatic carbocycles. The summed E-state index contributed by atoms with van der Waals surface area (Å²) in [6, 6.07) is 2.96. The van der Waals surface area contributed by atoms with E-state index in [4.69, 9.17) is 0 Å². The van der Waals surface area contributed by atoms with E-state index in [-0.39, 0.29) is 11.6 Å². The Labute approximate surface area is 119 Å². The Morgan fingerprint density at radius 3 is 2.65 bits per heavy atom. The van der Waals surface area contributed by atoms with Crippen molar-refractivity contribution in [1.82, 2.24) is 19.9 Å². The maximum atomic E-state index is 12.0. The van der Waals surface area contributed by atoms with Crippen LogP contribution in [0.3, 0.4) is 0 Å². The Hall–Kier alpha value is -2.22. The van der Waals surface area contributed by atoms with Crippen molar-refractivity contribution in [3.8, 4) is 10.6 Å². The highest BCUT2D eigenvalue weighted by Crippen LogP contribution is 2.29. The molecule has 0 aliphatic heterocycles. The summed E-state index contributed by atoms with van der Waals surface area (Å²) in [5, 5.41) is 18.6. The zero-order chi connectivity index (χ0) is 14.9. The Kier molecular flexibility index (Phi) is 3.84. The van der Waals surface area contributed by atoms with Gasteiger partial charge >= 0.3 is 5.97 Å². The first-order valence-corrected chi connectivity index (χ1v) is 6.75. The van der Waals surface area contributed by atoms with Gasteiger partial charge in [-0.3, -0.25) is 4.79 Å². The average Bonchev–Trinajstić information content (AvgIpc) is 3.04. The van der Waals surface area contributed by atoms with Gasteiger partial charge < -0.3 is 10.0 Å². The van der Waals surface area contributed by atoms with Crippen molar-refractivity contribution in [2.75, 3.05) is 14.1 Å². The van der Waals surface area contributed by atoms with Crippen LogP contribution in [-0.2, 0) is 4.79 Å². The molecule has 8 heteroatoms. The van der Waals surface area contributed by atoms with Crippen molar-refractivity contribution in [2.24, 2.45) is 0 Å². The maximum absolute atomic E-state index is 12.0. The van der Waals surface area contributed by atoms with Crippen LogP contribution in [0.5, 0.6) is 0 Å². The molecule has 2 rings (SSSR count). The van der Waals surface area contributed by atoms with Gasteiger partial charge in [-0.05, 0) is 18.4 Å². The monoisotopic (exact) mass is 294 g/mol. The minimum absolute atomic E-state index is 0.147. The number of rotatable bonds is 4. The molecule has 0 fully saturated rings. The highest BCUT2D eigenvalue weighted by atomic mass is 32.1. The number of carbonyl (C=O) groups excluding carboxylic acids is 1. The van der Waals surface area contributed by atoms with Crippen LogP contribution in [0, 0.1) is 0 Å². The number of aromatic nitrogens is 3. The van der Waals surface area contributed by atoms with Gasteiger partial charge in [-0.25, -0.2) is 9.48 Å². The number of carboxylic acid groups (broad SMARTS) is 1. The summed E-state index contributed by atoms with van der Waals surface area (Å²) in [4.78, 5) is 25.4. The number of thiophene rings is 1. The van der Waals surface area contributed by atoms with Gasteiger partial charge in [-0.1, -0.05) is 11.3 Å². The number of carbonyl (C=O) groups is 2. The van der Waals surface area contributed by atoms with Gasteiger partial charge in [0.15, 0.2) is 5.69 Å². The van der Waals surface area contributed by atoms with Crippen LogP contribution in [0.4, 0.5) is 0 Å². The van der Waals surface area contributed by atoms with Crippen molar-refractivity contribution in [3.63, 3.8) is 0 Å². The second-order valence-corrected chi connectivity index (χ2v) is 5.37. The number of hydrogen-bond acceptors (Lipinski definition) is 5. The molecule has 1 atom stereocenters. The molecule has 2 aromatic rings. The van der Waals surface area contributed by atoms with E-state index in [9.17, 15) is 14.7 Å². The molecule has 0 aliphatic rings. The third kappa shape index (κ3) is 2.42. The lowest BCUT2D eigenvalue weighted by Gasteiger charge is -2.18. The zero-order valence-corrected chi connectivity index (χ0v) is 12.1. The van der Waals surface area contributed by atoms with Gasteiger partial charge in [-0.15, -0.1) is 16.4 Å². The fraction of sp³-hybridized carbons (Fsp3) is 0.333. The van der Waals surface area contributed by atoms with Gasteiger partial charge in [0.05, 0.1) is 4.88 Å². The predicted octanol–water partition coefficient (Wildman–Crippen LogP) is 1.35. The Bertz CT molecular complexity index is 633. The van der Waals surface area contributed by atoms with E-state index < -0.39 is 12.0 Å². The molecular weight excluding hydrogens is 280 g/mol. The van der Waals surface area contributed by atoms with Crippen LogP contribution in [0.2, 0.25) is 0 Å². The molecule has 0 spiro atoms. The molecule has 1 N–H and O–H groups in total. The summed E-state index contributed by atoms with van der Waals surface area (Å²) in [5.41, 5.74) is 0.209. The van der Waals surface area contributed by atoms with Gasteiger partial charge in [0, 0.05) is 14.1 Å². The van der Waals surface area contributed by atoms with Crippen LogP contribution >= 0.6 is 11.3 Å². The Morgan fingerprint density at radius 1 is 1.45 bits per heavy atom. The normalized spacial score (nSPS) is 12.2. The third-order valence-corrected chi connectivity index (χ3v) is 3.69. The summed E-state index contributed by atoms with van der Waals surface area (Å²) in [5.74, 6) is -1.34. The van der Waals surface area contributed by atoms with Crippen molar-refractivity contribution in [2.45, 2.75) is 13.0 Å². The van der Waals surface area contributed by atoms with Crippen LogP contribution in [0.1, 0.15) is 23.5 Å². The molecule has 2 heterocycles. The molecule has 106 valence electrons. The predicted molar refractivity (Wildman–Crippen MR) is 73.7 cm³/mol. The fourth-order valence-corrected chi connectivity index (χ4v) is 2.59. The molecule has 0 radical (unpaired) electrons. The van der Waals surface area contributed by atoms with E-state index in [1.165, 1.54) is 20.9 Å². The van der Waals surface area contributed by atoms with E-state index in [1.54, 1.807) is 33.2 Å². The lowest BCUT2D eigenvalue weighted by molar-refractivity contribution is -0.131. The summed E-state index contributed by atoms with van der Waals surface area (Å²) < 4.78 is 1.36. The summed E-state index contributed by atoms with van der Waals surface area (Å²) >= 11 is 1.37. The van der Waals surface area contributed by atoms with Crippen LogP contribution in [0.15, 0.2) is 17.5 Å². The largest absolute Gasteiger partial charge is 0.476 e. The van der Waals surface area contributed by atoms with Crippen LogP contribution in [0.25, 0.3) is 10.6 Å². The van der Waals surface area contributed by atoms with Gasteiger partial charge in [-0.2, -0.15) is 0 Å². The molecule has 0 saturated heterocycles.